The highest BCUT2D eigenvalue weighted by molar-refractivity contribution is 7.99. The number of ether oxygens (including phenoxy) is 1. The zero-order valence-electron chi connectivity index (χ0n) is 14.8. The molecule has 0 N–H and O–H groups in total. The Kier molecular flexibility index (Phi) is 9.92. The van der Waals surface area contributed by atoms with Gasteiger partial charge in [0.15, 0.2) is 0 Å². The van der Waals surface area contributed by atoms with Crippen molar-refractivity contribution in [3.8, 4) is 5.75 Å². The second-order valence-electron chi connectivity index (χ2n) is 5.64. The van der Waals surface area contributed by atoms with Crippen LogP contribution in [0.5, 0.6) is 5.75 Å². The third kappa shape index (κ3) is 6.04. The standard InChI is InChI=1S/C20H27NOS.ClH/c1-4-14-21(15-5-2)16-17-10-6-8-12-19(17)23-20-13-9-7-11-18(20)22-3;/h6-13H,4-5,14-16H2,1-3H3;1H. The van der Waals surface area contributed by atoms with Crippen LogP contribution < -0.4 is 4.74 Å². The third-order valence-electron chi connectivity index (χ3n) is 3.74. The van der Waals surface area contributed by atoms with Crippen molar-refractivity contribution in [2.45, 2.75) is 43.0 Å². The van der Waals surface area contributed by atoms with E-state index >= 15 is 0 Å². The second kappa shape index (κ2) is 11.4. The minimum atomic E-state index is 0. The van der Waals surface area contributed by atoms with Crippen LogP contribution in [0.25, 0.3) is 0 Å². The highest BCUT2D eigenvalue weighted by Crippen LogP contribution is 2.36. The largest absolute Gasteiger partial charge is 0.496 e. The van der Waals surface area contributed by atoms with Gasteiger partial charge >= 0.3 is 0 Å². The summed E-state index contributed by atoms with van der Waals surface area (Å²) in [5, 5.41) is 0. The van der Waals surface area contributed by atoms with E-state index in [1.165, 1.54) is 28.2 Å². The Morgan fingerprint density at radius 2 is 1.46 bits per heavy atom. The molecule has 24 heavy (non-hydrogen) atoms. The lowest BCUT2D eigenvalue weighted by molar-refractivity contribution is 0.265. The van der Waals surface area contributed by atoms with Crippen LogP contribution >= 0.6 is 24.2 Å². The molecule has 0 amide bonds. The van der Waals surface area contributed by atoms with Gasteiger partial charge in [-0.15, -0.1) is 12.4 Å². The summed E-state index contributed by atoms with van der Waals surface area (Å²) in [6.45, 7) is 7.82. The van der Waals surface area contributed by atoms with E-state index < -0.39 is 0 Å². The summed E-state index contributed by atoms with van der Waals surface area (Å²) < 4.78 is 5.48. The van der Waals surface area contributed by atoms with Gasteiger partial charge in [-0.1, -0.05) is 55.9 Å². The highest BCUT2D eigenvalue weighted by Gasteiger charge is 2.11. The monoisotopic (exact) mass is 365 g/mol. The van der Waals surface area contributed by atoms with Crippen LogP contribution in [0.2, 0.25) is 0 Å². The van der Waals surface area contributed by atoms with Crippen LogP contribution in [0.1, 0.15) is 32.3 Å². The molecule has 0 atom stereocenters. The Balaban J connectivity index is 0.00000288. The van der Waals surface area contributed by atoms with Crippen molar-refractivity contribution in [1.29, 1.82) is 0 Å². The Labute approximate surface area is 157 Å². The van der Waals surface area contributed by atoms with Gasteiger partial charge in [-0.3, -0.25) is 4.90 Å². The van der Waals surface area contributed by atoms with Gasteiger partial charge in [0.25, 0.3) is 0 Å². The van der Waals surface area contributed by atoms with Crippen LogP contribution in [0.4, 0.5) is 0 Å². The Morgan fingerprint density at radius 1 is 0.875 bits per heavy atom. The molecule has 0 aliphatic rings. The second-order valence-corrected chi connectivity index (χ2v) is 6.72. The summed E-state index contributed by atoms with van der Waals surface area (Å²) in [5.41, 5.74) is 1.39. The molecule has 0 radical (unpaired) electrons. The maximum Gasteiger partial charge on any atom is 0.132 e. The minimum Gasteiger partial charge on any atom is -0.496 e. The van der Waals surface area contributed by atoms with E-state index in [1.807, 2.05) is 12.1 Å². The smallest absolute Gasteiger partial charge is 0.132 e. The minimum absolute atomic E-state index is 0. The third-order valence-corrected chi connectivity index (χ3v) is 4.91. The topological polar surface area (TPSA) is 12.5 Å². The molecule has 2 rings (SSSR count). The fraction of sp³-hybridized carbons (Fsp3) is 0.400. The van der Waals surface area contributed by atoms with Crippen LogP contribution in [0.3, 0.4) is 0 Å². The molecule has 0 aliphatic heterocycles. The number of halogens is 1. The molecule has 2 aromatic rings. The van der Waals surface area contributed by atoms with E-state index in [1.54, 1.807) is 18.9 Å². The van der Waals surface area contributed by atoms with E-state index in [4.69, 9.17) is 4.74 Å². The molecule has 0 aliphatic carbocycles. The van der Waals surface area contributed by atoms with Gasteiger partial charge < -0.3 is 4.74 Å². The molecule has 0 saturated heterocycles. The lowest BCUT2D eigenvalue weighted by Gasteiger charge is -2.22. The lowest BCUT2D eigenvalue weighted by atomic mass is 10.2. The summed E-state index contributed by atoms with van der Waals surface area (Å²) in [6.07, 6.45) is 2.39. The molecule has 2 nitrogen and oxygen atoms in total. The van der Waals surface area contributed by atoms with Gasteiger partial charge in [-0.2, -0.15) is 0 Å². The van der Waals surface area contributed by atoms with Crippen molar-refractivity contribution in [1.82, 2.24) is 4.90 Å². The first kappa shape index (κ1) is 20.9. The van der Waals surface area contributed by atoms with Crippen LogP contribution in [0.15, 0.2) is 58.3 Å². The molecule has 0 spiro atoms. The molecule has 0 heterocycles. The molecule has 0 aromatic heterocycles. The number of methoxy groups -OCH3 is 1. The summed E-state index contributed by atoms with van der Waals surface area (Å²) in [4.78, 5) is 5.02. The molecule has 132 valence electrons. The molecular formula is C20H28ClNOS. The molecule has 0 saturated carbocycles. The number of benzene rings is 2. The van der Waals surface area contributed by atoms with Crippen molar-refractivity contribution in [3.63, 3.8) is 0 Å². The maximum atomic E-state index is 5.48. The van der Waals surface area contributed by atoms with E-state index in [9.17, 15) is 0 Å². The van der Waals surface area contributed by atoms with Crippen molar-refractivity contribution >= 4 is 24.2 Å². The number of para-hydroxylation sites is 1. The van der Waals surface area contributed by atoms with Gasteiger partial charge in [0.2, 0.25) is 0 Å². The maximum absolute atomic E-state index is 5.48. The first-order valence-corrected chi connectivity index (χ1v) is 9.21. The Hall–Kier alpha value is -1.16. The van der Waals surface area contributed by atoms with E-state index in [0.29, 0.717) is 0 Å². The Morgan fingerprint density at radius 3 is 2.08 bits per heavy atom. The molecule has 0 bridgehead atoms. The van der Waals surface area contributed by atoms with Gasteiger partial charge in [-0.05, 0) is 49.7 Å². The fourth-order valence-corrected chi connectivity index (χ4v) is 3.74. The molecule has 0 unspecified atom stereocenters. The molecule has 4 heteroatoms. The van der Waals surface area contributed by atoms with Gasteiger partial charge in [0.1, 0.15) is 5.75 Å². The molecule has 2 aromatic carbocycles. The van der Waals surface area contributed by atoms with E-state index in [0.717, 1.165) is 25.4 Å². The van der Waals surface area contributed by atoms with E-state index in [2.05, 4.69) is 55.1 Å². The van der Waals surface area contributed by atoms with Crippen molar-refractivity contribution in [3.05, 3.63) is 54.1 Å². The number of nitrogens with zero attached hydrogens (tertiary/aromatic N) is 1. The van der Waals surface area contributed by atoms with Crippen molar-refractivity contribution < 1.29 is 4.74 Å². The van der Waals surface area contributed by atoms with Crippen LogP contribution in [0, 0.1) is 0 Å². The fourth-order valence-electron chi connectivity index (χ4n) is 2.70. The normalized spacial score (nSPS) is 10.5. The quantitative estimate of drug-likeness (QED) is 0.549. The Bertz CT molecular complexity index is 600. The average Bonchev–Trinajstić information content (AvgIpc) is 2.57. The zero-order chi connectivity index (χ0) is 16.5. The van der Waals surface area contributed by atoms with Crippen molar-refractivity contribution in [2.24, 2.45) is 0 Å². The first-order valence-electron chi connectivity index (χ1n) is 8.39. The van der Waals surface area contributed by atoms with Gasteiger partial charge in [-0.25, -0.2) is 0 Å². The summed E-state index contributed by atoms with van der Waals surface area (Å²) in [7, 11) is 1.73. The van der Waals surface area contributed by atoms with Crippen molar-refractivity contribution in [2.75, 3.05) is 20.2 Å². The molecular weight excluding hydrogens is 338 g/mol. The predicted octanol–water partition coefficient (Wildman–Crippen LogP) is 5.89. The number of hydrogen-bond acceptors (Lipinski definition) is 3. The molecule has 0 fully saturated rings. The summed E-state index contributed by atoms with van der Waals surface area (Å²) >= 11 is 1.79. The van der Waals surface area contributed by atoms with Crippen LogP contribution in [-0.4, -0.2) is 25.1 Å². The first-order chi connectivity index (χ1) is 11.3. The van der Waals surface area contributed by atoms with Gasteiger partial charge in [0, 0.05) is 11.4 Å². The number of hydrogen-bond donors (Lipinski definition) is 0. The van der Waals surface area contributed by atoms with Gasteiger partial charge in [0.05, 0.1) is 12.0 Å². The SMILES string of the molecule is CCCN(CCC)Cc1ccccc1Sc1ccccc1OC.Cl. The lowest BCUT2D eigenvalue weighted by Crippen LogP contribution is -2.25. The predicted molar refractivity (Wildman–Crippen MR) is 107 cm³/mol. The summed E-state index contributed by atoms with van der Waals surface area (Å²) in [6, 6.07) is 16.9. The highest BCUT2D eigenvalue weighted by atomic mass is 35.5. The van der Waals surface area contributed by atoms with Crippen LogP contribution in [-0.2, 0) is 6.54 Å². The average molecular weight is 366 g/mol. The van der Waals surface area contributed by atoms with E-state index in [-0.39, 0.29) is 12.4 Å². The zero-order valence-corrected chi connectivity index (χ0v) is 16.5. The summed E-state index contributed by atoms with van der Waals surface area (Å²) in [5.74, 6) is 0.936. The number of rotatable bonds is 9.